The zero-order valence-corrected chi connectivity index (χ0v) is 10.9. The zero-order chi connectivity index (χ0) is 12.1. The lowest BCUT2D eigenvalue weighted by Crippen LogP contribution is -2.30. The molecule has 1 aliphatic rings. The Balaban J connectivity index is 1.82. The van der Waals surface area contributed by atoms with E-state index >= 15 is 0 Å². The first kappa shape index (κ1) is 12.9. The highest BCUT2D eigenvalue weighted by atomic mass is 35.5. The number of hydrogen-bond acceptors (Lipinski definition) is 2. The minimum atomic E-state index is 0.230. The Morgan fingerprint density at radius 1 is 1.41 bits per heavy atom. The molecule has 0 heterocycles. The van der Waals surface area contributed by atoms with Gasteiger partial charge in [-0.15, -0.1) is 0 Å². The summed E-state index contributed by atoms with van der Waals surface area (Å²) in [5, 5.41) is 4.31. The van der Waals surface area contributed by atoms with Gasteiger partial charge in [-0.2, -0.15) is 0 Å². The van der Waals surface area contributed by atoms with Crippen molar-refractivity contribution in [1.82, 2.24) is 5.32 Å². The second-order valence-electron chi connectivity index (χ2n) is 4.88. The van der Waals surface area contributed by atoms with E-state index in [-0.39, 0.29) is 6.04 Å². The SMILES string of the molecule is NCC(NCCC1CCC1)c1cccc(Cl)c1. The molecule has 1 fully saturated rings. The summed E-state index contributed by atoms with van der Waals surface area (Å²) in [5.41, 5.74) is 7.00. The first-order valence-corrected chi connectivity index (χ1v) is 6.86. The van der Waals surface area contributed by atoms with Crippen molar-refractivity contribution in [2.75, 3.05) is 13.1 Å². The van der Waals surface area contributed by atoms with Crippen molar-refractivity contribution in [2.24, 2.45) is 11.7 Å². The highest BCUT2D eigenvalue weighted by Gasteiger charge is 2.17. The number of hydrogen-bond donors (Lipinski definition) is 2. The molecule has 2 nitrogen and oxygen atoms in total. The van der Waals surface area contributed by atoms with Crippen molar-refractivity contribution in [3.63, 3.8) is 0 Å². The second kappa shape index (κ2) is 6.39. The van der Waals surface area contributed by atoms with Crippen LogP contribution in [0.15, 0.2) is 24.3 Å². The molecule has 3 heteroatoms. The predicted molar refractivity (Wildman–Crippen MR) is 73.2 cm³/mol. The minimum Gasteiger partial charge on any atom is -0.329 e. The van der Waals surface area contributed by atoms with E-state index in [4.69, 9.17) is 17.3 Å². The van der Waals surface area contributed by atoms with Crippen LogP contribution in [-0.2, 0) is 0 Å². The molecule has 1 saturated carbocycles. The van der Waals surface area contributed by atoms with Gasteiger partial charge in [-0.3, -0.25) is 0 Å². The number of nitrogens with two attached hydrogens (primary N) is 1. The molecule has 1 atom stereocenters. The third-order valence-corrected chi connectivity index (χ3v) is 3.89. The third kappa shape index (κ3) is 3.70. The van der Waals surface area contributed by atoms with Gasteiger partial charge in [0.2, 0.25) is 0 Å². The summed E-state index contributed by atoms with van der Waals surface area (Å²) in [5.74, 6) is 0.945. The van der Waals surface area contributed by atoms with Crippen LogP contribution in [0.3, 0.4) is 0 Å². The third-order valence-electron chi connectivity index (χ3n) is 3.65. The van der Waals surface area contributed by atoms with Gasteiger partial charge in [-0.1, -0.05) is 43.0 Å². The van der Waals surface area contributed by atoms with E-state index in [9.17, 15) is 0 Å². The first-order valence-electron chi connectivity index (χ1n) is 6.48. The summed E-state index contributed by atoms with van der Waals surface area (Å²) < 4.78 is 0. The highest BCUT2D eigenvalue weighted by molar-refractivity contribution is 6.30. The van der Waals surface area contributed by atoms with Crippen molar-refractivity contribution in [3.05, 3.63) is 34.9 Å². The standard InChI is InChI=1S/C14H21ClN2/c15-13-6-2-5-12(9-13)14(10-16)17-8-7-11-3-1-4-11/h2,5-6,9,11,14,17H,1,3-4,7-8,10,16H2. The second-order valence-corrected chi connectivity index (χ2v) is 5.32. The summed E-state index contributed by atoms with van der Waals surface area (Å²) in [6, 6.07) is 8.18. The van der Waals surface area contributed by atoms with Crippen molar-refractivity contribution in [1.29, 1.82) is 0 Å². The van der Waals surface area contributed by atoms with Crippen molar-refractivity contribution < 1.29 is 0 Å². The maximum absolute atomic E-state index is 5.99. The normalized spacial score (nSPS) is 17.8. The van der Waals surface area contributed by atoms with Crippen LogP contribution in [0.2, 0.25) is 5.02 Å². The van der Waals surface area contributed by atoms with Crippen LogP contribution in [0, 0.1) is 5.92 Å². The van der Waals surface area contributed by atoms with Crippen LogP contribution >= 0.6 is 11.6 Å². The average molecular weight is 253 g/mol. The van der Waals surface area contributed by atoms with Crippen molar-refractivity contribution in [2.45, 2.75) is 31.7 Å². The molecule has 94 valence electrons. The van der Waals surface area contributed by atoms with E-state index in [1.54, 1.807) is 0 Å². The lowest BCUT2D eigenvalue weighted by Gasteiger charge is -2.26. The van der Waals surface area contributed by atoms with Gasteiger partial charge in [0.05, 0.1) is 0 Å². The summed E-state index contributed by atoms with van der Waals surface area (Å²) in [7, 11) is 0. The van der Waals surface area contributed by atoms with Crippen LogP contribution in [0.25, 0.3) is 0 Å². The van der Waals surface area contributed by atoms with Gasteiger partial charge in [0.15, 0.2) is 0 Å². The van der Waals surface area contributed by atoms with Gasteiger partial charge in [-0.05, 0) is 36.6 Å². The summed E-state index contributed by atoms with van der Waals surface area (Å²) in [4.78, 5) is 0. The van der Waals surface area contributed by atoms with E-state index in [1.807, 2.05) is 18.2 Å². The van der Waals surface area contributed by atoms with E-state index in [1.165, 1.54) is 31.2 Å². The Labute approximate surface area is 109 Å². The van der Waals surface area contributed by atoms with Crippen molar-refractivity contribution in [3.8, 4) is 0 Å². The molecule has 0 aromatic heterocycles. The summed E-state index contributed by atoms with van der Waals surface area (Å²) >= 11 is 5.99. The first-order chi connectivity index (χ1) is 8.29. The van der Waals surface area contributed by atoms with Crippen LogP contribution < -0.4 is 11.1 Å². The molecule has 3 N–H and O–H groups in total. The smallest absolute Gasteiger partial charge is 0.0445 e. The summed E-state index contributed by atoms with van der Waals surface area (Å²) in [6.45, 7) is 1.67. The molecule has 17 heavy (non-hydrogen) atoms. The van der Waals surface area contributed by atoms with E-state index < -0.39 is 0 Å². The van der Waals surface area contributed by atoms with Crippen LogP contribution in [0.5, 0.6) is 0 Å². The zero-order valence-electron chi connectivity index (χ0n) is 10.2. The Hall–Kier alpha value is -0.570. The average Bonchev–Trinajstić information content (AvgIpc) is 2.27. The van der Waals surface area contributed by atoms with E-state index in [0.29, 0.717) is 6.54 Å². The highest BCUT2D eigenvalue weighted by Crippen LogP contribution is 2.29. The molecule has 0 saturated heterocycles. The van der Waals surface area contributed by atoms with Crippen LogP contribution in [0.1, 0.15) is 37.3 Å². The molecular formula is C14H21ClN2. The number of benzene rings is 1. The maximum atomic E-state index is 5.99. The Morgan fingerprint density at radius 2 is 2.24 bits per heavy atom. The summed E-state index contributed by atoms with van der Waals surface area (Å²) in [6.07, 6.45) is 5.51. The molecule has 1 aliphatic carbocycles. The largest absolute Gasteiger partial charge is 0.329 e. The molecule has 1 aromatic rings. The van der Waals surface area contributed by atoms with E-state index in [0.717, 1.165) is 17.5 Å². The fourth-order valence-corrected chi connectivity index (χ4v) is 2.50. The Kier molecular flexibility index (Phi) is 4.84. The molecule has 0 radical (unpaired) electrons. The van der Waals surface area contributed by atoms with Gasteiger partial charge >= 0.3 is 0 Å². The molecule has 2 rings (SSSR count). The molecule has 0 bridgehead atoms. The van der Waals surface area contributed by atoms with Gasteiger partial charge in [0.25, 0.3) is 0 Å². The monoisotopic (exact) mass is 252 g/mol. The molecule has 0 aliphatic heterocycles. The van der Waals surface area contributed by atoms with Gasteiger partial charge < -0.3 is 11.1 Å². The van der Waals surface area contributed by atoms with Gasteiger partial charge in [0, 0.05) is 17.6 Å². The maximum Gasteiger partial charge on any atom is 0.0445 e. The van der Waals surface area contributed by atoms with Gasteiger partial charge in [-0.25, -0.2) is 0 Å². The quantitative estimate of drug-likeness (QED) is 0.817. The lowest BCUT2D eigenvalue weighted by atomic mass is 9.83. The van der Waals surface area contributed by atoms with E-state index in [2.05, 4.69) is 11.4 Å². The minimum absolute atomic E-state index is 0.230. The Bertz CT molecular complexity index is 350. The molecule has 0 amide bonds. The number of halogens is 1. The fraction of sp³-hybridized carbons (Fsp3) is 0.571. The van der Waals surface area contributed by atoms with Crippen molar-refractivity contribution >= 4 is 11.6 Å². The van der Waals surface area contributed by atoms with Gasteiger partial charge in [0.1, 0.15) is 0 Å². The topological polar surface area (TPSA) is 38.0 Å². The molecular weight excluding hydrogens is 232 g/mol. The molecule has 0 spiro atoms. The number of nitrogens with one attached hydrogen (secondary N) is 1. The Morgan fingerprint density at radius 3 is 2.82 bits per heavy atom. The van der Waals surface area contributed by atoms with Crippen LogP contribution in [0.4, 0.5) is 0 Å². The number of rotatable bonds is 6. The predicted octanol–water partition coefficient (Wildman–Crippen LogP) is 3.12. The molecule has 1 aromatic carbocycles. The molecule has 1 unspecified atom stereocenters. The van der Waals surface area contributed by atoms with Crippen LogP contribution in [-0.4, -0.2) is 13.1 Å². The fourth-order valence-electron chi connectivity index (χ4n) is 2.30. The lowest BCUT2D eigenvalue weighted by molar-refractivity contribution is 0.288.